The normalized spacial score (nSPS) is 12.5. The molecule has 0 heterocycles. The predicted octanol–water partition coefficient (Wildman–Crippen LogP) is 4.45. The molecule has 0 saturated carbocycles. The molecule has 2 N–H and O–H groups in total. The van der Waals surface area contributed by atoms with Crippen molar-refractivity contribution in [2.75, 3.05) is 0 Å². The van der Waals surface area contributed by atoms with Crippen molar-refractivity contribution in [3.8, 4) is 0 Å². The van der Waals surface area contributed by atoms with Gasteiger partial charge < -0.3 is 5.73 Å². The zero-order valence-electron chi connectivity index (χ0n) is 11.1. The largest absolute Gasteiger partial charge is 0.324 e. The van der Waals surface area contributed by atoms with Crippen molar-refractivity contribution in [3.05, 3.63) is 68.9 Å². The lowest BCUT2D eigenvalue weighted by molar-refractivity contribution is 0.621. The lowest BCUT2D eigenvalue weighted by Gasteiger charge is -2.14. The fourth-order valence-electron chi connectivity index (χ4n) is 2.32. The van der Waals surface area contributed by atoms with E-state index in [0.29, 0.717) is 6.42 Å². The van der Waals surface area contributed by atoms with Gasteiger partial charge in [-0.3, -0.25) is 0 Å². The SMILES string of the molecule is Cc1cc(C)cc(C(N)Cc2cc(F)cc(Br)c2)c1. The van der Waals surface area contributed by atoms with Crippen LogP contribution in [0.5, 0.6) is 0 Å². The van der Waals surface area contributed by atoms with E-state index in [2.05, 4.69) is 48.0 Å². The number of hydrogen-bond donors (Lipinski definition) is 1. The molecule has 1 unspecified atom stereocenters. The van der Waals surface area contributed by atoms with Crippen LogP contribution in [0.3, 0.4) is 0 Å². The number of halogens is 2. The Morgan fingerprint density at radius 2 is 1.68 bits per heavy atom. The Bertz CT molecular complexity index is 555. The highest BCUT2D eigenvalue weighted by atomic mass is 79.9. The van der Waals surface area contributed by atoms with Crippen LogP contribution in [0, 0.1) is 19.7 Å². The number of nitrogens with two attached hydrogens (primary N) is 1. The first-order chi connectivity index (χ1) is 8.94. The van der Waals surface area contributed by atoms with Gasteiger partial charge in [-0.1, -0.05) is 45.3 Å². The molecule has 0 aliphatic rings. The lowest BCUT2D eigenvalue weighted by atomic mass is 9.96. The highest BCUT2D eigenvalue weighted by Crippen LogP contribution is 2.22. The summed E-state index contributed by atoms with van der Waals surface area (Å²) in [5.74, 6) is -0.239. The van der Waals surface area contributed by atoms with Crippen LogP contribution < -0.4 is 5.73 Å². The molecule has 2 aromatic carbocycles. The van der Waals surface area contributed by atoms with Gasteiger partial charge in [-0.05, 0) is 49.6 Å². The molecule has 19 heavy (non-hydrogen) atoms. The first-order valence-corrected chi connectivity index (χ1v) is 7.02. The van der Waals surface area contributed by atoms with Crippen molar-refractivity contribution in [3.63, 3.8) is 0 Å². The summed E-state index contributed by atoms with van der Waals surface area (Å²) in [7, 11) is 0. The van der Waals surface area contributed by atoms with Gasteiger partial charge in [0.1, 0.15) is 5.82 Å². The molecule has 0 bridgehead atoms. The van der Waals surface area contributed by atoms with Crippen molar-refractivity contribution < 1.29 is 4.39 Å². The summed E-state index contributed by atoms with van der Waals surface area (Å²) >= 11 is 3.30. The van der Waals surface area contributed by atoms with Gasteiger partial charge in [0.05, 0.1) is 0 Å². The molecule has 0 aromatic heterocycles. The minimum absolute atomic E-state index is 0.118. The van der Waals surface area contributed by atoms with Crippen molar-refractivity contribution in [2.45, 2.75) is 26.3 Å². The molecule has 0 radical (unpaired) electrons. The van der Waals surface area contributed by atoms with Gasteiger partial charge in [-0.2, -0.15) is 0 Å². The Labute approximate surface area is 121 Å². The maximum atomic E-state index is 13.3. The van der Waals surface area contributed by atoms with Crippen molar-refractivity contribution in [1.29, 1.82) is 0 Å². The molecular formula is C16H17BrFN. The van der Waals surface area contributed by atoms with E-state index in [1.807, 2.05) is 6.07 Å². The maximum absolute atomic E-state index is 13.3. The molecule has 0 amide bonds. The van der Waals surface area contributed by atoms with E-state index in [9.17, 15) is 4.39 Å². The summed E-state index contributed by atoms with van der Waals surface area (Å²) in [5.41, 5.74) is 10.6. The molecule has 1 nitrogen and oxygen atoms in total. The third-order valence-electron chi connectivity index (χ3n) is 3.05. The molecular weight excluding hydrogens is 305 g/mol. The zero-order valence-corrected chi connectivity index (χ0v) is 12.7. The molecule has 0 saturated heterocycles. The van der Waals surface area contributed by atoms with E-state index >= 15 is 0 Å². The van der Waals surface area contributed by atoms with Gasteiger partial charge >= 0.3 is 0 Å². The quantitative estimate of drug-likeness (QED) is 0.888. The van der Waals surface area contributed by atoms with Crippen LogP contribution in [-0.4, -0.2) is 0 Å². The van der Waals surface area contributed by atoms with Gasteiger partial charge in [0.15, 0.2) is 0 Å². The van der Waals surface area contributed by atoms with Gasteiger partial charge in [0.2, 0.25) is 0 Å². The van der Waals surface area contributed by atoms with E-state index in [1.54, 1.807) is 0 Å². The first kappa shape index (κ1) is 14.2. The molecule has 0 aliphatic heterocycles. The van der Waals surface area contributed by atoms with Gasteiger partial charge in [-0.25, -0.2) is 4.39 Å². The summed E-state index contributed by atoms with van der Waals surface area (Å²) in [6, 6.07) is 11.1. The highest BCUT2D eigenvalue weighted by molar-refractivity contribution is 9.10. The summed E-state index contributed by atoms with van der Waals surface area (Å²) in [5, 5.41) is 0. The van der Waals surface area contributed by atoms with E-state index in [0.717, 1.165) is 15.6 Å². The standard InChI is InChI=1S/C16H17BrFN/c1-10-3-11(2)5-13(4-10)16(19)8-12-6-14(17)9-15(18)7-12/h3-7,9,16H,8,19H2,1-2H3. The van der Waals surface area contributed by atoms with Crippen LogP contribution in [0.4, 0.5) is 4.39 Å². The third-order valence-corrected chi connectivity index (χ3v) is 3.51. The molecule has 100 valence electrons. The minimum Gasteiger partial charge on any atom is -0.324 e. The summed E-state index contributed by atoms with van der Waals surface area (Å²) in [4.78, 5) is 0. The molecule has 2 rings (SSSR count). The minimum atomic E-state index is -0.239. The predicted molar refractivity (Wildman–Crippen MR) is 80.6 cm³/mol. The topological polar surface area (TPSA) is 26.0 Å². The molecule has 0 aliphatic carbocycles. The third kappa shape index (κ3) is 3.88. The van der Waals surface area contributed by atoms with E-state index < -0.39 is 0 Å². The monoisotopic (exact) mass is 321 g/mol. The Morgan fingerprint density at radius 1 is 1.05 bits per heavy atom. The van der Waals surface area contributed by atoms with E-state index in [-0.39, 0.29) is 11.9 Å². The molecule has 1 atom stereocenters. The highest BCUT2D eigenvalue weighted by Gasteiger charge is 2.09. The van der Waals surface area contributed by atoms with Crippen molar-refractivity contribution in [2.24, 2.45) is 5.73 Å². The Kier molecular flexibility index (Phi) is 4.38. The van der Waals surface area contributed by atoms with Gasteiger partial charge in [0.25, 0.3) is 0 Å². The second kappa shape index (κ2) is 5.85. The zero-order chi connectivity index (χ0) is 14.0. The lowest BCUT2D eigenvalue weighted by Crippen LogP contribution is -2.14. The van der Waals surface area contributed by atoms with Crippen molar-refractivity contribution in [1.82, 2.24) is 0 Å². The van der Waals surface area contributed by atoms with Crippen LogP contribution in [-0.2, 0) is 6.42 Å². The Morgan fingerprint density at radius 3 is 2.26 bits per heavy atom. The van der Waals surface area contributed by atoms with Crippen LogP contribution in [0.1, 0.15) is 28.3 Å². The molecule has 0 fully saturated rings. The average Bonchev–Trinajstić information content (AvgIpc) is 2.25. The number of benzene rings is 2. The van der Waals surface area contributed by atoms with Crippen LogP contribution in [0.25, 0.3) is 0 Å². The van der Waals surface area contributed by atoms with E-state index in [1.165, 1.54) is 23.3 Å². The van der Waals surface area contributed by atoms with Crippen LogP contribution >= 0.6 is 15.9 Å². The Balaban J connectivity index is 2.22. The summed E-state index contributed by atoms with van der Waals surface area (Å²) < 4.78 is 14.1. The molecule has 3 heteroatoms. The van der Waals surface area contributed by atoms with Crippen LogP contribution in [0.15, 0.2) is 40.9 Å². The van der Waals surface area contributed by atoms with Gasteiger partial charge in [0, 0.05) is 10.5 Å². The fraction of sp³-hybridized carbons (Fsp3) is 0.250. The van der Waals surface area contributed by atoms with Gasteiger partial charge in [-0.15, -0.1) is 0 Å². The smallest absolute Gasteiger partial charge is 0.124 e. The first-order valence-electron chi connectivity index (χ1n) is 6.23. The molecule has 2 aromatic rings. The van der Waals surface area contributed by atoms with E-state index in [4.69, 9.17) is 5.73 Å². The van der Waals surface area contributed by atoms with Crippen LogP contribution in [0.2, 0.25) is 0 Å². The maximum Gasteiger partial charge on any atom is 0.124 e. The number of rotatable bonds is 3. The Hall–Kier alpha value is -1.19. The summed E-state index contributed by atoms with van der Waals surface area (Å²) in [6.45, 7) is 4.12. The number of aryl methyl sites for hydroxylation is 2. The second-order valence-electron chi connectivity index (χ2n) is 5.01. The number of hydrogen-bond acceptors (Lipinski definition) is 1. The van der Waals surface area contributed by atoms with Crippen molar-refractivity contribution >= 4 is 15.9 Å². The molecule has 0 spiro atoms. The second-order valence-corrected chi connectivity index (χ2v) is 5.93. The summed E-state index contributed by atoms with van der Waals surface area (Å²) in [6.07, 6.45) is 0.624. The average molecular weight is 322 g/mol. The fourth-order valence-corrected chi connectivity index (χ4v) is 2.84.